The number of H-pyrrole nitrogens is 1. The van der Waals surface area contributed by atoms with Gasteiger partial charge in [0.15, 0.2) is 11.7 Å². The summed E-state index contributed by atoms with van der Waals surface area (Å²) in [5.74, 6) is -0.539. The van der Waals surface area contributed by atoms with Gasteiger partial charge in [-0.25, -0.2) is 9.79 Å². The fourth-order valence-electron chi connectivity index (χ4n) is 1.87. The number of hydrogen-bond acceptors (Lipinski definition) is 5. The Morgan fingerprint density at radius 3 is 2.59 bits per heavy atom. The van der Waals surface area contributed by atoms with Gasteiger partial charge in [0.05, 0.1) is 25.3 Å². The average molecular weight is 305 g/mol. The molecule has 0 aliphatic rings. The van der Waals surface area contributed by atoms with Gasteiger partial charge in [-0.1, -0.05) is 0 Å². The molecule has 0 radical (unpaired) electrons. The van der Waals surface area contributed by atoms with Gasteiger partial charge in [0.2, 0.25) is 5.96 Å². The minimum atomic E-state index is -0.604. The average Bonchev–Trinajstić information content (AvgIpc) is 2.91. The number of aromatic amines is 1. The van der Waals surface area contributed by atoms with E-state index in [1.54, 1.807) is 12.1 Å². The Kier molecular flexibility index (Phi) is 4.11. The topological polar surface area (TPSA) is 167 Å². The Bertz CT molecular complexity index is 774. The highest BCUT2D eigenvalue weighted by atomic mass is 16.5. The predicted molar refractivity (Wildman–Crippen MR) is 81.1 cm³/mol. The summed E-state index contributed by atoms with van der Waals surface area (Å²) in [4.78, 5) is 19.5. The monoisotopic (exact) mass is 305 g/mol. The summed E-state index contributed by atoms with van der Waals surface area (Å²) in [6.45, 7) is 0. The van der Waals surface area contributed by atoms with Gasteiger partial charge in [-0.2, -0.15) is 10.1 Å². The van der Waals surface area contributed by atoms with Crippen LogP contribution in [0.2, 0.25) is 0 Å². The van der Waals surface area contributed by atoms with Crippen LogP contribution in [0.1, 0.15) is 10.5 Å². The van der Waals surface area contributed by atoms with E-state index >= 15 is 0 Å². The van der Waals surface area contributed by atoms with Gasteiger partial charge in [0.25, 0.3) is 0 Å². The van der Waals surface area contributed by atoms with Crippen LogP contribution in [0, 0.1) is 0 Å². The van der Waals surface area contributed by atoms with Crippen molar-refractivity contribution in [3.8, 4) is 5.75 Å². The minimum absolute atomic E-state index is 0.118. The number of hydrogen-bond donors (Lipinski definition) is 4. The molecule has 0 aliphatic carbocycles. The molecule has 7 N–H and O–H groups in total. The molecule has 0 bridgehead atoms. The molecule has 0 saturated carbocycles. The third-order valence-electron chi connectivity index (χ3n) is 2.74. The molecule has 116 valence electrons. The molecule has 0 spiro atoms. The number of fused-ring (bicyclic) bond motifs is 1. The van der Waals surface area contributed by atoms with E-state index in [0.717, 1.165) is 0 Å². The zero-order valence-corrected chi connectivity index (χ0v) is 12.0. The van der Waals surface area contributed by atoms with Gasteiger partial charge in [0, 0.05) is 0 Å². The molecule has 0 saturated heterocycles. The molecule has 0 fully saturated rings. The number of nitrogens with zero attached hydrogens (tertiary/aromatic N) is 3. The van der Waals surface area contributed by atoms with Crippen LogP contribution in [-0.4, -0.2) is 42.3 Å². The van der Waals surface area contributed by atoms with Crippen LogP contribution in [-0.2, 0) is 4.74 Å². The van der Waals surface area contributed by atoms with Crippen molar-refractivity contribution in [2.45, 2.75) is 0 Å². The lowest BCUT2D eigenvalue weighted by Crippen LogP contribution is -2.26. The molecule has 10 heteroatoms. The molecule has 10 nitrogen and oxygen atoms in total. The van der Waals surface area contributed by atoms with E-state index in [2.05, 4.69) is 20.2 Å². The van der Waals surface area contributed by atoms with Gasteiger partial charge in [-0.3, -0.25) is 5.10 Å². The predicted octanol–water partition coefficient (Wildman–Crippen LogP) is -0.422. The summed E-state index contributed by atoms with van der Waals surface area (Å²) in [5.41, 5.74) is 17.0. The first-order chi connectivity index (χ1) is 10.5. The molecule has 22 heavy (non-hydrogen) atoms. The standard InChI is InChI=1S/C12H15N7O3/c1-21-6-4-3-5(16-12(15)17-11(13)14)7-8(6)18-19-9(7)10(20)22-2/h3-4H,1-2H3,(H,18,19)(H6,13,14,15,16,17). The van der Waals surface area contributed by atoms with Crippen LogP contribution in [0.4, 0.5) is 5.69 Å². The van der Waals surface area contributed by atoms with Crippen molar-refractivity contribution in [1.82, 2.24) is 10.2 Å². The Labute approximate surface area is 125 Å². The summed E-state index contributed by atoms with van der Waals surface area (Å²) >= 11 is 0. The maximum atomic E-state index is 11.8. The van der Waals surface area contributed by atoms with Crippen LogP contribution in [0.5, 0.6) is 5.75 Å². The largest absolute Gasteiger partial charge is 0.494 e. The number of benzene rings is 1. The van der Waals surface area contributed by atoms with E-state index in [-0.39, 0.29) is 17.6 Å². The second-order valence-corrected chi connectivity index (χ2v) is 4.11. The number of carbonyl (C=O) groups excluding carboxylic acids is 1. The number of carbonyl (C=O) groups is 1. The summed E-state index contributed by atoms with van der Waals surface area (Å²) in [5, 5.41) is 7.02. The molecule has 0 atom stereocenters. The fraction of sp³-hybridized carbons (Fsp3) is 0.167. The second-order valence-electron chi connectivity index (χ2n) is 4.11. The van der Waals surface area contributed by atoms with Crippen LogP contribution >= 0.6 is 0 Å². The van der Waals surface area contributed by atoms with Crippen LogP contribution in [0.15, 0.2) is 22.1 Å². The first-order valence-corrected chi connectivity index (χ1v) is 6.05. The van der Waals surface area contributed by atoms with E-state index < -0.39 is 5.97 Å². The lowest BCUT2D eigenvalue weighted by atomic mass is 10.1. The van der Waals surface area contributed by atoms with Crippen molar-refractivity contribution in [3.63, 3.8) is 0 Å². The molecule has 1 heterocycles. The highest BCUT2D eigenvalue weighted by Gasteiger charge is 2.20. The molecule has 0 unspecified atom stereocenters. The maximum Gasteiger partial charge on any atom is 0.356 e. The highest BCUT2D eigenvalue weighted by molar-refractivity contribution is 6.09. The van der Waals surface area contributed by atoms with Gasteiger partial charge in [-0.05, 0) is 12.1 Å². The Balaban J connectivity index is 2.71. The minimum Gasteiger partial charge on any atom is -0.494 e. The summed E-state index contributed by atoms with van der Waals surface area (Å²) in [7, 11) is 2.74. The number of methoxy groups -OCH3 is 2. The summed E-state index contributed by atoms with van der Waals surface area (Å²) in [6, 6.07) is 3.23. The third-order valence-corrected chi connectivity index (χ3v) is 2.74. The first kappa shape index (κ1) is 15.1. The maximum absolute atomic E-state index is 11.8. The van der Waals surface area contributed by atoms with Crippen molar-refractivity contribution < 1.29 is 14.3 Å². The van der Waals surface area contributed by atoms with Crippen molar-refractivity contribution in [3.05, 3.63) is 17.8 Å². The fourth-order valence-corrected chi connectivity index (χ4v) is 1.87. The van der Waals surface area contributed by atoms with E-state index in [0.29, 0.717) is 22.3 Å². The number of guanidine groups is 2. The van der Waals surface area contributed by atoms with E-state index in [1.165, 1.54) is 14.2 Å². The number of esters is 1. The second kappa shape index (κ2) is 5.99. The number of nitrogens with two attached hydrogens (primary N) is 3. The first-order valence-electron chi connectivity index (χ1n) is 6.05. The molecule has 2 aromatic rings. The Hall–Kier alpha value is -3.30. The number of ether oxygens (including phenoxy) is 2. The van der Waals surface area contributed by atoms with Crippen LogP contribution in [0.3, 0.4) is 0 Å². The van der Waals surface area contributed by atoms with Gasteiger partial charge >= 0.3 is 5.97 Å². The van der Waals surface area contributed by atoms with Gasteiger partial charge in [-0.15, -0.1) is 0 Å². The normalized spacial score (nSPS) is 11.3. The number of rotatable bonds is 3. The quantitative estimate of drug-likeness (QED) is 0.339. The Morgan fingerprint density at radius 1 is 1.27 bits per heavy atom. The van der Waals surface area contributed by atoms with Crippen LogP contribution in [0.25, 0.3) is 10.9 Å². The number of aromatic nitrogens is 2. The van der Waals surface area contributed by atoms with Crippen molar-refractivity contribution in [1.29, 1.82) is 0 Å². The van der Waals surface area contributed by atoms with Crippen molar-refractivity contribution in [2.24, 2.45) is 27.2 Å². The van der Waals surface area contributed by atoms with Gasteiger partial charge in [0.1, 0.15) is 11.3 Å². The van der Waals surface area contributed by atoms with Gasteiger partial charge < -0.3 is 26.7 Å². The number of nitrogens with one attached hydrogen (secondary N) is 1. The molecule has 0 aliphatic heterocycles. The zero-order chi connectivity index (χ0) is 16.3. The van der Waals surface area contributed by atoms with E-state index in [4.69, 9.17) is 26.7 Å². The lowest BCUT2D eigenvalue weighted by molar-refractivity contribution is 0.0596. The smallest absolute Gasteiger partial charge is 0.356 e. The lowest BCUT2D eigenvalue weighted by Gasteiger charge is -2.04. The molecular formula is C12H15N7O3. The molecule has 1 aromatic heterocycles. The third kappa shape index (κ3) is 2.75. The Morgan fingerprint density at radius 2 is 2.00 bits per heavy atom. The van der Waals surface area contributed by atoms with Crippen molar-refractivity contribution in [2.75, 3.05) is 14.2 Å². The zero-order valence-electron chi connectivity index (χ0n) is 12.0. The summed E-state index contributed by atoms with van der Waals surface area (Å²) < 4.78 is 9.90. The number of aliphatic imine (C=N–C) groups is 2. The SMILES string of the molecule is COC(=O)c1[nH]nc2c(OC)ccc(N=C(N)N=C(N)N)c12. The molecule has 2 rings (SSSR count). The highest BCUT2D eigenvalue weighted by Crippen LogP contribution is 2.34. The van der Waals surface area contributed by atoms with Crippen LogP contribution < -0.4 is 21.9 Å². The van der Waals surface area contributed by atoms with Crippen molar-refractivity contribution >= 4 is 34.5 Å². The van der Waals surface area contributed by atoms with E-state index in [1.807, 2.05) is 0 Å². The summed E-state index contributed by atoms with van der Waals surface area (Å²) in [6.07, 6.45) is 0. The molecule has 0 amide bonds. The van der Waals surface area contributed by atoms with E-state index in [9.17, 15) is 4.79 Å². The molecule has 1 aromatic carbocycles. The molecular weight excluding hydrogens is 290 g/mol.